The van der Waals surface area contributed by atoms with Crippen LogP contribution < -0.4 is 20.1 Å². The molecular formula is C34H43FN2O6. The van der Waals surface area contributed by atoms with Crippen LogP contribution in [0.3, 0.4) is 0 Å². The highest BCUT2D eigenvalue weighted by Gasteiger charge is 2.51. The minimum atomic E-state index is -0.623. The molecule has 0 aliphatic heterocycles. The molecule has 2 N–H and O–H groups in total. The second-order valence-corrected chi connectivity index (χ2v) is 12.5. The van der Waals surface area contributed by atoms with E-state index in [4.69, 9.17) is 14.2 Å². The smallest absolute Gasteiger partial charge is 0.308 e. The van der Waals surface area contributed by atoms with E-state index in [1.165, 1.54) is 19.2 Å². The first-order valence-electron chi connectivity index (χ1n) is 15.6. The Balaban J connectivity index is 1.28. The number of hydrogen-bond donors (Lipinski definition) is 2. The summed E-state index contributed by atoms with van der Waals surface area (Å²) in [6.07, 6.45) is 4.88. The van der Waals surface area contributed by atoms with Crippen molar-refractivity contribution in [1.82, 2.24) is 5.32 Å². The Morgan fingerprint density at radius 1 is 0.977 bits per heavy atom. The van der Waals surface area contributed by atoms with E-state index in [9.17, 15) is 14.4 Å². The van der Waals surface area contributed by atoms with Crippen LogP contribution in [0.25, 0.3) is 0 Å². The lowest BCUT2D eigenvalue weighted by atomic mass is 9.83. The molecule has 4 atom stereocenters. The molecular weight excluding hydrogens is 551 g/mol. The van der Waals surface area contributed by atoms with E-state index in [2.05, 4.69) is 24.5 Å². The third-order valence-corrected chi connectivity index (χ3v) is 9.42. The number of methoxy groups -OCH3 is 1. The van der Waals surface area contributed by atoms with E-state index in [0.717, 1.165) is 30.5 Å². The zero-order valence-corrected chi connectivity index (χ0v) is 25.5. The molecule has 232 valence electrons. The highest BCUT2D eigenvalue weighted by Crippen LogP contribution is 2.49. The number of anilines is 1. The lowest BCUT2D eigenvalue weighted by Crippen LogP contribution is -2.48. The number of amides is 2. The van der Waals surface area contributed by atoms with Crippen molar-refractivity contribution in [2.24, 2.45) is 23.7 Å². The highest BCUT2D eigenvalue weighted by molar-refractivity contribution is 5.99. The molecule has 8 nitrogen and oxygen atoms in total. The first-order valence-corrected chi connectivity index (χ1v) is 15.6. The number of benzene rings is 2. The molecule has 0 heterocycles. The average molecular weight is 595 g/mol. The Morgan fingerprint density at radius 2 is 1.72 bits per heavy atom. The van der Waals surface area contributed by atoms with Crippen molar-refractivity contribution >= 4 is 23.5 Å². The van der Waals surface area contributed by atoms with E-state index < -0.39 is 11.7 Å². The second-order valence-electron chi connectivity index (χ2n) is 12.5. The van der Waals surface area contributed by atoms with Gasteiger partial charge >= 0.3 is 5.97 Å². The lowest BCUT2D eigenvalue weighted by Gasteiger charge is -2.31. The number of ether oxygens (including phenoxy) is 3. The summed E-state index contributed by atoms with van der Waals surface area (Å²) >= 11 is 0. The van der Waals surface area contributed by atoms with Gasteiger partial charge in [0, 0.05) is 17.8 Å². The Bertz CT molecular complexity index is 1340. The van der Waals surface area contributed by atoms with E-state index in [1.54, 1.807) is 6.92 Å². The fourth-order valence-electron chi connectivity index (χ4n) is 7.13. The van der Waals surface area contributed by atoms with Gasteiger partial charge < -0.3 is 24.8 Å². The molecule has 3 aliphatic rings. The minimum absolute atomic E-state index is 0.0298. The number of carbonyl (C=O) groups excluding carboxylic acids is 3. The Hall–Kier alpha value is -3.62. The van der Waals surface area contributed by atoms with E-state index >= 15 is 4.39 Å². The zero-order valence-electron chi connectivity index (χ0n) is 25.5. The van der Waals surface area contributed by atoms with Gasteiger partial charge in [0.25, 0.3) is 5.91 Å². The van der Waals surface area contributed by atoms with Crippen LogP contribution in [0.15, 0.2) is 36.4 Å². The maximum absolute atomic E-state index is 15.1. The largest absolute Gasteiger partial charge is 0.496 e. The summed E-state index contributed by atoms with van der Waals surface area (Å²) in [5, 5.41) is 6.21. The van der Waals surface area contributed by atoms with Gasteiger partial charge in [-0.25, -0.2) is 4.39 Å². The molecule has 4 unspecified atom stereocenters. The van der Waals surface area contributed by atoms with Crippen LogP contribution in [0.4, 0.5) is 10.1 Å². The minimum Gasteiger partial charge on any atom is -0.496 e. The van der Waals surface area contributed by atoms with Gasteiger partial charge in [-0.15, -0.1) is 0 Å². The third kappa shape index (κ3) is 6.81. The normalized spacial score (nSPS) is 26.2. The summed E-state index contributed by atoms with van der Waals surface area (Å²) < 4.78 is 31.6. The van der Waals surface area contributed by atoms with Crippen molar-refractivity contribution in [2.45, 2.75) is 83.8 Å². The monoisotopic (exact) mass is 594 g/mol. The van der Waals surface area contributed by atoms with Crippen LogP contribution in [0.1, 0.15) is 87.6 Å². The van der Waals surface area contributed by atoms with Crippen LogP contribution in [-0.2, 0) is 14.3 Å². The summed E-state index contributed by atoms with van der Waals surface area (Å²) in [5.41, 5.74) is 2.05. The van der Waals surface area contributed by atoms with E-state index in [-0.39, 0.29) is 64.8 Å². The van der Waals surface area contributed by atoms with Gasteiger partial charge in [-0.1, -0.05) is 26.0 Å². The molecule has 0 spiro atoms. The van der Waals surface area contributed by atoms with Gasteiger partial charge in [0.05, 0.1) is 37.2 Å². The van der Waals surface area contributed by atoms with Crippen molar-refractivity contribution in [3.05, 3.63) is 53.3 Å². The summed E-state index contributed by atoms with van der Waals surface area (Å²) in [6, 6.07) is 10.1. The van der Waals surface area contributed by atoms with Crippen molar-refractivity contribution < 1.29 is 33.0 Å². The number of halogens is 1. The molecule has 2 bridgehead atoms. The third-order valence-electron chi connectivity index (χ3n) is 9.42. The molecule has 2 amide bonds. The maximum atomic E-state index is 15.1. The fraction of sp³-hybridized carbons (Fsp3) is 0.559. The number of hydrogen-bond acceptors (Lipinski definition) is 6. The molecule has 43 heavy (non-hydrogen) atoms. The standard InChI is InChI=1S/C34H43FN2O6/c1-5-42-34(40)20-11-13-25(14-12-20)43-29-17-26(28(41-4)18-27(29)35)32(38)37-31-23-10-9-22(15-23)30(31)33(39)36-24-8-6-7-21(16-24)19(2)3/h6-8,16-20,22-23,25,30-31H,5,9-15H2,1-4H3,(H,36,39)(H,37,38). The molecule has 5 rings (SSSR count). The van der Waals surface area contributed by atoms with Crippen LogP contribution in [0.5, 0.6) is 11.5 Å². The van der Waals surface area contributed by atoms with Crippen LogP contribution in [0.2, 0.25) is 0 Å². The van der Waals surface area contributed by atoms with Crippen LogP contribution >= 0.6 is 0 Å². The Kier molecular flexibility index (Phi) is 9.57. The van der Waals surface area contributed by atoms with Gasteiger partial charge in [-0.2, -0.15) is 0 Å². The maximum Gasteiger partial charge on any atom is 0.308 e. The summed E-state index contributed by atoms with van der Waals surface area (Å²) in [6.45, 7) is 6.35. The fourth-order valence-corrected chi connectivity index (χ4v) is 7.13. The SMILES string of the molecule is CCOC(=O)C1CCC(Oc2cc(C(=O)NC3C4CCC(C4)C3C(=O)Nc3cccc(C(C)C)c3)c(OC)cc2F)CC1. The number of fused-ring (bicyclic) bond motifs is 2. The molecule has 2 aromatic carbocycles. The number of nitrogens with one attached hydrogen (secondary N) is 2. The zero-order chi connectivity index (χ0) is 30.7. The molecule has 2 aromatic rings. The van der Waals surface area contributed by atoms with Crippen molar-refractivity contribution in [1.29, 1.82) is 0 Å². The summed E-state index contributed by atoms with van der Waals surface area (Å²) in [5.74, 6) is -1.07. The quantitative estimate of drug-likeness (QED) is 0.316. The van der Waals surface area contributed by atoms with Gasteiger partial charge in [0.15, 0.2) is 11.6 Å². The van der Waals surface area contributed by atoms with Crippen LogP contribution in [-0.4, -0.2) is 43.6 Å². The molecule has 3 saturated carbocycles. The summed E-state index contributed by atoms with van der Waals surface area (Å²) in [7, 11) is 1.39. The molecule has 3 fully saturated rings. The molecule has 0 saturated heterocycles. The molecule has 3 aliphatic carbocycles. The predicted octanol–water partition coefficient (Wildman–Crippen LogP) is 6.24. The Morgan fingerprint density at radius 3 is 2.42 bits per heavy atom. The highest BCUT2D eigenvalue weighted by atomic mass is 19.1. The number of carbonyl (C=O) groups is 3. The van der Waals surface area contributed by atoms with Gasteiger partial charge in [0.2, 0.25) is 5.91 Å². The Labute approximate surface area is 253 Å². The first kappa shape index (κ1) is 30.8. The molecule has 0 aromatic heterocycles. The second kappa shape index (κ2) is 13.3. The van der Waals surface area contributed by atoms with Crippen molar-refractivity contribution in [2.75, 3.05) is 19.0 Å². The molecule has 0 radical (unpaired) electrons. The number of esters is 1. The van der Waals surface area contributed by atoms with Gasteiger partial charge in [-0.05, 0) is 93.4 Å². The van der Waals surface area contributed by atoms with Gasteiger partial charge in [-0.3, -0.25) is 14.4 Å². The van der Waals surface area contributed by atoms with Crippen molar-refractivity contribution in [3.8, 4) is 11.5 Å². The number of rotatable bonds is 10. The molecule has 9 heteroatoms. The van der Waals surface area contributed by atoms with E-state index in [0.29, 0.717) is 38.2 Å². The van der Waals surface area contributed by atoms with Crippen molar-refractivity contribution in [3.63, 3.8) is 0 Å². The van der Waals surface area contributed by atoms with Crippen LogP contribution in [0, 0.1) is 29.5 Å². The topological polar surface area (TPSA) is 103 Å². The summed E-state index contributed by atoms with van der Waals surface area (Å²) in [4.78, 5) is 39.3. The average Bonchev–Trinajstić information content (AvgIpc) is 3.60. The van der Waals surface area contributed by atoms with Gasteiger partial charge in [0.1, 0.15) is 5.75 Å². The first-order chi connectivity index (χ1) is 20.7. The van der Waals surface area contributed by atoms with E-state index in [1.807, 2.05) is 24.3 Å². The lowest BCUT2D eigenvalue weighted by molar-refractivity contribution is -0.149. The predicted molar refractivity (Wildman–Crippen MR) is 161 cm³/mol.